The molecule has 14 heavy (non-hydrogen) atoms. The Bertz CT molecular complexity index is 268. The Morgan fingerprint density at radius 2 is 2.36 bits per heavy atom. The van der Waals surface area contributed by atoms with Crippen molar-refractivity contribution in [3.8, 4) is 0 Å². The molecule has 4 nitrogen and oxygen atoms in total. The molecule has 4 heteroatoms. The maximum absolute atomic E-state index is 6.02. The minimum absolute atomic E-state index is 0.0195. The van der Waals surface area contributed by atoms with Gasteiger partial charge in [-0.05, 0) is 6.42 Å². The molecule has 2 atom stereocenters. The van der Waals surface area contributed by atoms with Crippen molar-refractivity contribution in [2.75, 3.05) is 7.11 Å². The number of aryl methyl sites for hydroxylation is 1. The molecule has 0 aromatic carbocycles. The maximum Gasteiger partial charge on any atom is 0.110 e. The van der Waals surface area contributed by atoms with Crippen LogP contribution in [0.3, 0.4) is 0 Å². The van der Waals surface area contributed by atoms with E-state index in [2.05, 4.69) is 11.9 Å². The summed E-state index contributed by atoms with van der Waals surface area (Å²) >= 11 is 0. The minimum atomic E-state index is 0.0195. The van der Waals surface area contributed by atoms with Crippen LogP contribution in [0.15, 0.2) is 12.4 Å². The van der Waals surface area contributed by atoms with E-state index in [0.29, 0.717) is 0 Å². The summed E-state index contributed by atoms with van der Waals surface area (Å²) < 4.78 is 7.28. The molecule has 0 aliphatic heterocycles. The summed E-state index contributed by atoms with van der Waals surface area (Å²) in [5.74, 6) is 1.01. The average molecular weight is 197 g/mol. The van der Waals surface area contributed by atoms with E-state index in [4.69, 9.17) is 10.5 Å². The van der Waals surface area contributed by atoms with Crippen molar-refractivity contribution in [3.05, 3.63) is 18.2 Å². The largest absolute Gasteiger partial charge is 0.380 e. The van der Waals surface area contributed by atoms with Gasteiger partial charge in [-0.3, -0.25) is 0 Å². The first-order valence-electron chi connectivity index (χ1n) is 4.93. The normalized spacial score (nSPS) is 15.4. The number of nitrogens with two attached hydrogens (primary N) is 1. The summed E-state index contributed by atoms with van der Waals surface area (Å²) in [5, 5.41) is 0. The van der Waals surface area contributed by atoms with Crippen molar-refractivity contribution in [2.45, 2.75) is 31.9 Å². The highest BCUT2D eigenvalue weighted by Gasteiger charge is 2.17. The highest BCUT2D eigenvalue weighted by molar-refractivity contribution is 4.95. The van der Waals surface area contributed by atoms with Crippen molar-refractivity contribution >= 4 is 0 Å². The third-order valence-corrected chi connectivity index (χ3v) is 2.52. The van der Waals surface area contributed by atoms with E-state index in [-0.39, 0.29) is 12.1 Å². The molecule has 1 rings (SSSR count). The number of hydrogen-bond acceptors (Lipinski definition) is 3. The molecule has 2 N–H and O–H groups in total. The van der Waals surface area contributed by atoms with E-state index in [9.17, 15) is 0 Å². The molecule has 0 amide bonds. The van der Waals surface area contributed by atoms with E-state index in [0.717, 1.165) is 18.7 Å². The van der Waals surface area contributed by atoms with Crippen LogP contribution in [-0.4, -0.2) is 28.8 Å². The second-order valence-corrected chi connectivity index (χ2v) is 3.50. The molecule has 2 unspecified atom stereocenters. The number of nitrogens with zero attached hydrogens (tertiary/aromatic N) is 2. The van der Waals surface area contributed by atoms with Gasteiger partial charge in [0.25, 0.3) is 0 Å². The smallest absolute Gasteiger partial charge is 0.110 e. The van der Waals surface area contributed by atoms with E-state index in [1.165, 1.54) is 0 Å². The summed E-state index contributed by atoms with van der Waals surface area (Å²) in [6, 6.07) is 0.0195. The molecule has 1 heterocycles. The zero-order valence-corrected chi connectivity index (χ0v) is 9.10. The number of methoxy groups -OCH3 is 1. The van der Waals surface area contributed by atoms with E-state index < -0.39 is 0 Å². The average Bonchev–Trinajstić information content (AvgIpc) is 2.54. The zero-order valence-electron chi connectivity index (χ0n) is 9.10. The second kappa shape index (κ2) is 5.12. The molecular weight excluding hydrogens is 178 g/mol. The van der Waals surface area contributed by atoms with Crippen molar-refractivity contribution in [3.63, 3.8) is 0 Å². The first kappa shape index (κ1) is 11.2. The molecular formula is C10H19N3O. The Hall–Kier alpha value is -0.870. The van der Waals surface area contributed by atoms with E-state index >= 15 is 0 Å². The van der Waals surface area contributed by atoms with Crippen molar-refractivity contribution in [1.82, 2.24) is 9.55 Å². The first-order valence-corrected chi connectivity index (χ1v) is 4.93. The van der Waals surface area contributed by atoms with Gasteiger partial charge in [0, 0.05) is 39.0 Å². The van der Waals surface area contributed by atoms with Gasteiger partial charge in [0.1, 0.15) is 5.82 Å². The standard InChI is InChI=1S/C10H19N3O/c1-4-9(14-3)8(11)7-10-12-5-6-13(10)2/h5-6,8-9H,4,7,11H2,1-3H3. The van der Waals surface area contributed by atoms with Crippen LogP contribution >= 0.6 is 0 Å². The Balaban J connectivity index is 2.56. The predicted molar refractivity (Wildman–Crippen MR) is 56.0 cm³/mol. The van der Waals surface area contributed by atoms with Gasteiger partial charge in [0.2, 0.25) is 0 Å². The van der Waals surface area contributed by atoms with Crippen LogP contribution in [0.4, 0.5) is 0 Å². The van der Waals surface area contributed by atoms with Crippen molar-refractivity contribution in [1.29, 1.82) is 0 Å². The molecule has 80 valence electrons. The Kier molecular flexibility index (Phi) is 4.10. The first-order chi connectivity index (χ1) is 6.69. The monoisotopic (exact) mass is 197 g/mol. The molecule has 1 aromatic heterocycles. The number of hydrogen-bond donors (Lipinski definition) is 1. The van der Waals surface area contributed by atoms with Gasteiger partial charge >= 0.3 is 0 Å². The fraction of sp³-hybridized carbons (Fsp3) is 0.700. The summed E-state index contributed by atoms with van der Waals surface area (Å²) in [6.07, 6.45) is 5.52. The fourth-order valence-electron chi connectivity index (χ4n) is 1.58. The summed E-state index contributed by atoms with van der Waals surface area (Å²) in [5.41, 5.74) is 6.02. The molecule has 0 aliphatic rings. The van der Waals surface area contributed by atoms with Gasteiger partial charge < -0.3 is 15.0 Å². The summed E-state index contributed by atoms with van der Waals surface area (Å²) in [6.45, 7) is 2.08. The minimum Gasteiger partial charge on any atom is -0.380 e. The molecule has 0 saturated heterocycles. The van der Waals surface area contributed by atoms with E-state index in [1.807, 2.05) is 17.8 Å². The van der Waals surface area contributed by atoms with Gasteiger partial charge in [-0.15, -0.1) is 0 Å². The third-order valence-electron chi connectivity index (χ3n) is 2.52. The summed E-state index contributed by atoms with van der Waals surface area (Å²) in [4.78, 5) is 4.23. The Morgan fingerprint density at radius 1 is 1.64 bits per heavy atom. The number of aromatic nitrogens is 2. The van der Waals surface area contributed by atoms with Crippen molar-refractivity contribution < 1.29 is 4.74 Å². The highest BCUT2D eigenvalue weighted by Crippen LogP contribution is 2.06. The van der Waals surface area contributed by atoms with Gasteiger partial charge in [-0.2, -0.15) is 0 Å². The lowest BCUT2D eigenvalue weighted by atomic mass is 10.1. The van der Waals surface area contributed by atoms with Crippen LogP contribution in [0.1, 0.15) is 19.2 Å². The summed E-state index contributed by atoms with van der Waals surface area (Å²) in [7, 11) is 3.68. The van der Waals surface area contributed by atoms with Crippen LogP contribution in [0.25, 0.3) is 0 Å². The van der Waals surface area contributed by atoms with Crippen LogP contribution in [0.2, 0.25) is 0 Å². The molecule has 1 aromatic rings. The number of imidazole rings is 1. The zero-order chi connectivity index (χ0) is 10.6. The lowest BCUT2D eigenvalue weighted by Gasteiger charge is -2.20. The van der Waals surface area contributed by atoms with Crippen LogP contribution in [-0.2, 0) is 18.2 Å². The van der Waals surface area contributed by atoms with Crippen LogP contribution in [0.5, 0.6) is 0 Å². The van der Waals surface area contributed by atoms with Crippen molar-refractivity contribution in [2.24, 2.45) is 12.8 Å². The number of ether oxygens (including phenoxy) is 1. The fourth-order valence-corrected chi connectivity index (χ4v) is 1.58. The second-order valence-electron chi connectivity index (χ2n) is 3.50. The Labute approximate surface area is 85.1 Å². The van der Waals surface area contributed by atoms with E-state index in [1.54, 1.807) is 13.3 Å². The van der Waals surface area contributed by atoms with Crippen LogP contribution < -0.4 is 5.73 Å². The topological polar surface area (TPSA) is 53.1 Å². The highest BCUT2D eigenvalue weighted by atomic mass is 16.5. The Morgan fingerprint density at radius 3 is 2.79 bits per heavy atom. The van der Waals surface area contributed by atoms with Gasteiger partial charge in [0.05, 0.1) is 6.10 Å². The van der Waals surface area contributed by atoms with Gasteiger partial charge in [-0.1, -0.05) is 6.92 Å². The maximum atomic E-state index is 6.02. The molecule has 0 saturated carbocycles. The van der Waals surface area contributed by atoms with Gasteiger partial charge in [0.15, 0.2) is 0 Å². The van der Waals surface area contributed by atoms with Gasteiger partial charge in [-0.25, -0.2) is 4.98 Å². The molecule has 0 spiro atoms. The lowest BCUT2D eigenvalue weighted by Crippen LogP contribution is -2.38. The third kappa shape index (κ3) is 2.56. The molecule has 0 bridgehead atoms. The van der Waals surface area contributed by atoms with Crippen LogP contribution in [0, 0.1) is 0 Å². The SMILES string of the molecule is CCC(OC)C(N)Cc1nccn1C. The molecule has 0 fully saturated rings. The molecule has 0 aliphatic carbocycles. The predicted octanol–water partition coefficient (Wildman–Crippen LogP) is 0.715. The quantitative estimate of drug-likeness (QED) is 0.756. The lowest BCUT2D eigenvalue weighted by molar-refractivity contribution is 0.0766. The molecule has 0 radical (unpaired) electrons. The number of rotatable bonds is 5.